The van der Waals surface area contributed by atoms with Crippen molar-refractivity contribution in [1.29, 1.82) is 0 Å². The van der Waals surface area contributed by atoms with Gasteiger partial charge in [-0.25, -0.2) is 0 Å². The lowest BCUT2D eigenvalue weighted by molar-refractivity contribution is -0.120. The summed E-state index contributed by atoms with van der Waals surface area (Å²) in [7, 11) is 1.64. The van der Waals surface area contributed by atoms with Crippen LogP contribution in [-0.4, -0.2) is 24.9 Å². The average Bonchev–Trinajstić information content (AvgIpc) is 2.46. The first-order valence-electron chi connectivity index (χ1n) is 7.15. The van der Waals surface area contributed by atoms with Crippen molar-refractivity contribution in [2.75, 3.05) is 19.0 Å². The third-order valence-corrected chi connectivity index (χ3v) is 3.78. The van der Waals surface area contributed by atoms with Gasteiger partial charge in [-0.1, -0.05) is 41.4 Å². The molecule has 0 aliphatic rings. The van der Waals surface area contributed by atoms with Crippen LogP contribution in [0.15, 0.2) is 24.3 Å². The molecule has 0 radical (unpaired) electrons. The van der Waals surface area contributed by atoms with E-state index in [9.17, 15) is 4.79 Å². The number of amides is 1. The van der Waals surface area contributed by atoms with Crippen LogP contribution in [-0.2, 0) is 11.2 Å². The van der Waals surface area contributed by atoms with E-state index in [0.717, 1.165) is 42.5 Å². The van der Waals surface area contributed by atoms with Crippen LogP contribution in [0.2, 0.25) is 0 Å². The molecule has 20 heavy (non-hydrogen) atoms. The fourth-order valence-corrected chi connectivity index (χ4v) is 2.81. The summed E-state index contributed by atoms with van der Waals surface area (Å²) in [5, 5.41) is 4.03. The van der Waals surface area contributed by atoms with E-state index in [-0.39, 0.29) is 5.91 Å². The second kappa shape index (κ2) is 9.81. The third-order valence-electron chi connectivity index (χ3n) is 3.33. The monoisotopic (exact) mass is 341 g/mol. The molecule has 0 aliphatic carbocycles. The number of carbonyl (C=O) groups excluding carboxylic acids is 1. The van der Waals surface area contributed by atoms with E-state index >= 15 is 0 Å². The van der Waals surface area contributed by atoms with Gasteiger partial charge in [0.2, 0.25) is 5.91 Å². The Balaban J connectivity index is 2.38. The van der Waals surface area contributed by atoms with Crippen molar-refractivity contribution in [2.45, 2.75) is 32.6 Å². The summed E-state index contributed by atoms with van der Waals surface area (Å²) in [5.74, 6) is 1.47. The van der Waals surface area contributed by atoms with Crippen molar-refractivity contribution < 1.29 is 9.53 Å². The molecular formula is C16H24BrNO2. The maximum atomic E-state index is 11.9. The van der Waals surface area contributed by atoms with E-state index in [2.05, 4.69) is 28.2 Å². The predicted molar refractivity (Wildman–Crippen MR) is 86.5 cm³/mol. The summed E-state index contributed by atoms with van der Waals surface area (Å²) >= 11 is 3.47. The van der Waals surface area contributed by atoms with Crippen LogP contribution in [0.5, 0.6) is 5.75 Å². The van der Waals surface area contributed by atoms with Gasteiger partial charge in [0.05, 0.1) is 13.5 Å². The summed E-state index contributed by atoms with van der Waals surface area (Å²) in [6, 6.07) is 7.63. The number of nitrogens with one attached hydrogen (secondary N) is 1. The number of rotatable bonds is 9. The molecular weight excluding hydrogens is 318 g/mol. The van der Waals surface area contributed by atoms with E-state index in [1.165, 1.54) is 0 Å². The summed E-state index contributed by atoms with van der Waals surface area (Å²) in [6.45, 7) is 2.95. The number of hydrogen-bond acceptors (Lipinski definition) is 2. The number of alkyl halides is 1. The minimum Gasteiger partial charge on any atom is -0.497 e. The van der Waals surface area contributed by atoms with E-state index in [0.29, 0.717) is 12.3 Å². The highest BCUT2D eigenvalue weighted by Gasteiger charge is 2.09. The van der Waals surface area contributed by atoms with Crippen LogP contribution in [0.25, 0.3) is 0 Å². The quantitative estimate of drug-likeness (QED) is 0.697. The van der Waals surface area contributed by atoms with Gasteiger partial charge in [0.25, 0.3) is 0 Å². The predicted octanol–water partition coefficient (Wildman–Crippen LogP) is 3.56. The summed E-state index contributed by atoms with van der Waals surface area (Å²) in [5.41, 5.74) is 1.01. The SMILES string of the molecule is CCCC(CCBr)CNC(=O)Cc1ccc(OC)cc1. The van der Waals surface area contributed by atoms with Crippen molar-refractivity contribution in [3.05, 3.63) is 29.8 Å². The minimum absolute atomic E-state index is 0.0887. The Morgan fingerprint density at radius 3 is 2.55 bits per heavy atom. The molecule has 1 N–H and O–H groups in total. The highest BCUT2D eigenvalue weighted by atomic mass is 79.9. The van der Waals surface area contributed by atoms with Crippen LogP contribution in [0.1, 0.15) is 31.7 Å². The first-order chi connectivity index (χ1) is 9.69. The van der Waals surface area contributed by atoms with Crippen molar-refractivity contribution in [3.8, 4) is 5.75 Å². The molecule has 112 valence electrons. The van der Waals surface area contributed by atoms with Crippen LogP contribution >= 0.6 is 15.9 Å². The van der Waals surface area contributed by atoms with Crippen molar-refractivity contribution in [1.82, 2.24) is 5.32 Å². The molecule has 0 saturated carbocycles. The molecule has 0 saturated heterocycles. The number of hydrogen-bond donors (Lipinski definition) is 1. The number of halogens is 1. The fourth-order valence-electron chi connectivity index (χ4n) is 2.16. The molecule has 4 heteroatoms. The summed E-state index contributed by atoms with van der Waals surface area (Å²) in [6.07, 6.45) is 3.86. The molecule has 1 aromatic rings. The van der Waals surface area contributed by atoms with Crippen LogP contribution in [0.4, 0.5) is 0 Å². The van der Waals surface area contributed by atoms with Crippen molar-refractivity contribution >= 4 is 21.8 Å². The fraction of sp³-hybridized carbons (Fsp3) is 0.562. The Bertz CT molecular complexity index is 386. The first-order valence-corrected chi connectivity index (χ1v) is 8.27. The molecule has 1 rings (SSSR count). The standard InChI is InChI=1S/C16H24BrNO2/c1-3-4-14(9-10-17)12-18-16(19)11-13-5-7-15(20-2)8-6-13/h5-8,14H,3-4,9-12H2,1-2H3,(H,18,19). The van der Waals surface area contributed by atoms with Gasteiger partial charge in [0, 0.05) is 11.9 Å². The topological polar surface area (TPSA) is 38.3 Å². The number of methoxy groups -OCH3 is 1. The molecule has 0 heterocycles. The minimum atomic E-state index is 0.0887. The molecule has 1 atom stereocenters. The number of ether oxygens (including phenoxy) is 1. The Hall–Kier alpha value is -1.03. The lowest BCUT2D eigenvalue weighted by Crippen LogP contribution is -2.30. The van der Waals surface area contributed by atoms with Gasteiger partial charge in [-0.3, -0.25) is 4.79 Å². The maximum absolute atomic E-state index is 11.9. The largest absolute Gasteiger partial charge is 0.497 e. The van der Waals surface area contributed by atoms with Gasteiger partial charge in [0.1, 0.15) is 5.75 Å². The lowest BCUT2D eigenvalue weighted by atomic mass is 10.0. The average molecular weight is 342 g/mol. The van der Waals surface area contributed by atoms with Gasteiger partial charge in [0.15, 0.2) is 0 Å². The molecule has 3 nitrogen and oxygen atoms in total. The first kappa shape index (κ1) is 17.0. The van der Waals surface area contributed by atoms with Gasteiger partial charge >= 0.3 is 0 Å². The maximum Gasteiger partial charge on any atom is 0.224 e. The Morgan fingerprint density at radius 1 is 1.30 bits per heavy atom. The molecule has 0 spiro atoms. The molecule has 0 fully saturated rings. The van der Waals surface area contributed by atoms with Crippen LogP contribution in [0, 0.1) is 5.92 Å². The molecule has 1 aromatic carbocycles. The number of benzene rings is 1. The number of carbonyl (C=O) groups is 1. The second-order valence-electron chi connectivity index (χ2n) is 4.96. The van der Waals surface area contributed by atoms with Crippen molar-refractivity contribution in [3.63, 3.8) is 0 Å². The van der Waals surface area contributed by atoms with E-state index in [1.54, 1.807) is 7.11 Å². The van der Waals surface area contributed by atoms with Crippen molar-refractivity contribution in [2.24, 2.45) is 5.92 Å². The molecule has 0 aromatic heterocycles. The van der Waals surface area contributed by atoms with Gasteiger partial charge in [-0.15, -0.1) is 0 Å². The zero-order valence-corrected chi connectivity index (χ0v) is 13.9. The lowest BCUT2D eigenvalue weighted by Gasteiger charge is -2.15. The van der Waals surface area contributed by atoms with Crippen LogP contribution < -0.4 is 10.1 Å². The van der Waals surface area contributed by atoms with Gasteiger partial charge < -0.3 is 10.1 Å². The molecule has 0 aliphatic heterocycles. The highest BCUT2D eigenvalue weighted by Crippen LogP contribution is 2.13. The molecule has 1 unspecified atom stereocenters. The second-order valence-corrected chi connectivity index (χ2v) is 5.75. The Kier molecular flexibility index (Phi) is 8.35. The summed E-state index contributed by atoms with van der Waals surface area (Å²) < 4.78 is 5.10. The molecule has 1 amide bonds. The Morgan fingerprint density at radius 2 is 2.00 bits per heavy atom. The summed E-state index contributed by atoms with van der Waals surface area (Å²) in [4.78, 5) is 11.9. The van der Waals surface area contributed by atoms with E-state index in [4.69, 9.17) is 4.74 Å². The Labute approximate surface area is 130 Å². The third kappa shape index (κ3) is 6.42. The normalized spacial score (nSPS) is 11.9. The van der Waals surface area contributed by atoms with Gasteiger partial charge in [-0.05, 0) is 36.5 Å². The zero-order valence-electron chi connectivity index (χ0n) is 12.3. The highest BCUT2D eigenvalue weighted by molar-refractivity contribution is 9.09. The zero-order chi connectivity index (χ0) is 14.8. The smallest absolute Gasteiger partial charge is 0.224 e. The van der Waals surface area contributed by atoms with E-state index < -0.39 is 0 Å². The van der Waals surface area contributed by atoms with Gasteiger partial charge in [-0.2, -0.15) is 0 Å². The van der Waals surface area contributed by atoms with E-state index in [1.807, 2.05) is 24.3 Å². The molecule has 0 bridgehead atoms. The van der Waals surface area contributed by atoms with Crippen LogP contribution in [0.3, 0.4) is 0 Å².